The molecule has 2 unspecified atom stereocenters. The van der Waals surface area contributed by atoms with Gasteiger partial charge in [-0.05, 0) is 46.0 Å². The molecule has 1 heterocycles. The minimum absolute atomic E-state index is 0.399. The first-order valence-electron chi connectivity index (χ1n) is 6.75. The molecule has 1 aromatic carbocycles. The molecule has 20 heavy (non-hydrogen) atoms. The van der Waals surface area contributed by atoms with E-state index in [1.165, 1.54) is 5.56 Å². The zero-order chi connectivity index (χ0) is 14.4. The highest BCUT2D eigenvalue weighted by Gasteiger charge is 2.09. The van der Waals surface area contributed by atoms with Crippen LogP contribution in [0.3, 0.4) is 0 Å². The SMILES string of the molecule is COc1ccc(C(C)CNCC(O)c2ccsc2)cc1. The summed E-state index contributed by atoms with van der Waals surface area (Å²) in [6, 6.07) is 10.1. The summed E-state index contributed by atoms with van der Waals surface area (Å²) < 4.78 is 5.16. The Kier molecular flexibility index (Phi) is 5.59. The smallest absolute Gasteiger partial charge is 0.118 e. The molecule has 4 heteroatoms. The van der Waals surface area contributed by atoms with Crippen molar-refractivity contribution in [3.63, 3.8) is 0 Å². The number of aliphatic hydroxyl groups excluding tert-OH is 1. The lowest BCUT2D eigenvalue weighted by atomic mass is 10.0. The van der Waals surface area contributed by atoms with Crippen LogP contribution in [0.2, 0.25) is 0 Å². The van der Waals surface area contributed by atoms with Gasteiger partial charge in [-0.25, -0.2) is 0 Å². The van der Waals surface area contributed by atoms with Gasteiger partial charge in [0.25, 0.3) is 0 Å². The Morgan fingerprint density at radius 3 is 2.50 bits per heavy atom. The molecule has 0 aliphatic rings. The largest absolute Gasteiger partial charge is 0.497 e. The highest BCUT2D eigenvalue weighted by atomic mass is 32.1. The molecule has 0 saturated heterocycles. The van der Waals surface area contributed by atoms with Gasteiger partial charge in [-0.3, -0.25) is 0 Å². The molecule has 3 nitrogen and oxygen atoms in total. The molecule has 0 fully saturated rings. The van der Waals surface area contributed by atoms with Crippen LogP contribution in [0.1, 0.15) is 30.1 Å². The number of aliphatic hydroxyl groups is 1. The van der Waals surface area contributed by atoms with Crippen LogP contribution in [0.15, 0.2) is 41.1 Å². The van der Waals surface area contributed by atoms with E-state index in [0.29, 0.717) is 12.5 Å². The van der Waals surface area contributed by atoms with Crippen LogP contribution in [0.4, 0.5) is 0 Å². The molecule has 0 amide bonds. The monoisotopic (exact) mass is 291 g/mol. The molecular formula is C16H21NO2S. The molecule has 0 aliphatic heterocycles. The first-order valence-corrected chi connectivity index (χ1v) is 7.70. The van der Waals surface area contributed by atoms with E-state index in [0.717, 1.165) is 17.9 Å². The maximum Gasteiger partial charge on any atom is 0.118 e. The Labute approximate surface area is 124 Å². The van der Waals surface area contributed by atoms with Gasteiger partial charge in [0.2, 0.25) is 0 Å². The van der Waals surface area contributed by atoms with Gasteiger partial charge in [-0.1, -0.05) is 19.1 Å². The van der Waals surface area contributed by atoms with Crippen molar-refractivity contribution in [1.29, 1.82) is 0 Å². The summed E-state index contributed by atoms with van der Waals surface area (Å²) in [5, 5.41) is 17.3. The second-order valence-electron chi connectivity index (χ2n) is 4.90. The number of thiophene rings is 1. The summed E-state index contributed by atoms with van der Waals surface area (Å²) in [6.45, 7) is 3.59. The van der Waals surface area contributed by atoms with Gasteiger partial charge < -0.3 is 15.2 Å². The van der Waals surface area contributed by atoms with Gasteiger partial charge in [0.15, 0.2) is 0 Å². The molecule has 0 aliphatic carbocycles. The summed E-state index contributed by atoms with van der Waals surface area (Å²) in [6.07, 6.45) is -0.427. The minimum atomic E-state index is -0.427. The summed E-state index contributed by atoms with van der Waals surface area (Å²) in [4.78, 5) is 0. The highest BCUT2D eigenvalue weighted by Crippen LogP contribution is 2.19. The van der Waals surface area contributed by atoms with E-state index in [2.05, 4.69) is 24.4 Å². The third-order valence-corrected chi connectivity index (χ3v) is 4.10. The van der Waals surface area contributed by atoms with E-state index in [4.69, 9.17) is 4.74 Å². The minimum Gasteiger partial charge on any atom is -0.497 e. The molecule has 0 spiro atoms. The average Bonchev–Trinajstić information content (AvgIpc) is 3.01. The van der Waals surface area contributed by atoms with Crippen molar-refractivity contribution in [2.24, 2.45) is 0 Å². The van der Waals surface area contributed by atoms with Crippen LogP contribution < -0.4 is 10.1 Å². The third-order valence-electron chi connectivity index (χ3n) is 3.40. The fourth-order valence-corrected chi connectivity index (χ4v) is 2.78. The first kappa shape index (κ1) is 15.0. The topological polar surface area (TPSA) is 41.5 Å². The molecule has 2 aromatic rings. The Morgan fingerprint density at radius 2 is 1.90 bits per heavy atom. The number of benzene rings is 1. The van der Waals surface area contributed by atoms with E-state index in [1.54, 1.807) is 18.4 Å². The van der Waals surface area contributed by atoms with E-state index in [-0.39, 0.29) is 0 Å². The number of rotatable bonds is 7. The quantitative estimate of drug-likeness (QED) is 0.823. The molecule has 0 saturated carbocycles. The average molecular weight is 291 g/mol. The van der Waals surface area contributed by atoms with Crippen molar-refractivity contribution in [2.45, 2.75) is 18.9 Å². The maximum absolute atomic E-state index is 9.99. The molecule has 1 aromatic heterocycles. The Hall–Kier alpha value is -1.36. The zero-order valence-corrected chi connectivity index (χ0v) is 12.7. The second-order valence-corrected chi connectivity index (χ2v) is 5.68. The van der Waals surface area contributed by atoms with Gasteiger partial charge in [0.1, 0.15) is 5.75 Å². The molecule has 108 valence electrons. The predicted octanol–water partition coefficient (Wildman–Crippen LogP) is 3.18. The van der Waals surface area contributed by atoms with Gasteiger partial charge in [0.05, 0.1) is 13.2 Å². The molecule has 2 rings (SSSR count). The Morgan fingerprint density at radius 1 is 1.15 bits per heavy atom. The third kappa shape index (κ3) is 4.07. The number of hydrogen-bond acceptors (Lipinski definition) is 4. The van der Waals surface area contributed by atoms with Gasteiger partial charge in [0, 0.05) is 13.1 Å². The molecule has 0 radical (unpaired) electrons. The van der Waals surface area contributed by atoms with Crippen molar-refractivity contribution in [3.05, 3.63) is 52.2 Å². The lowest BCUT2D eigenvalue weighted by Crippen LogP contribution is -2.25. The lowest BCUT2D eigenvalue weighted by Gasteiger charge is -2.15. The van der Waals surface area contributed by atoms with E-state index in [9.17, 15) is 5.11 Å². The lowest BCUT2D eigenvalue weighted by molar-refractivity contribution is 0.175. The molecule has 2 atom stereocenters. The van der Waals surface area contributed by atoms with E-state index in [1.807, 2.05) is 29.0 Å². The highest BCUT2D eigenvalue weighted by molar-refractivity contribution is 7.07. The van der Waals surface area contributed by atoms with E-state index >= 15 is 0 Å². The molecule has 2 N–H and O–H groups in total. The van der Waals surface area contributed by atoms with Crippen LogP contribution >= 0.6 is 11.3 Å². The number of nitrogens with one attached hydrogen (secondary N) is 1. The summed E-state index contributed by atoms with van der Waals surface area (Å²) in [5.41, 5.74) is 2.25. The predicted molar refractivity (Wildman–Crippen MR) is 83.6 cm³/mol. The van der Waals surface area contributed by atoms with Crippen molar-refractivity contribution in [3.8, 4) is 5.75 Å². The van der Waals surface area contributed by atoms with Crippen LogP contribution in [-0.2, 0) is 0 Å². The van der Waals surface area contributed by atoms with Crippen LogP contribution in [0, 0.1) is 0 Å². The second kappa shape index (κ2) is 7.43. The maximum atomic E-state index is 9.99. The summed E-state index contributed by atoms with van der Waals surface area (Å²) >= 11 is 1.61. The van der Waals surface area contributed by atoms with Gasteiger partial charge in [-0.15, -0.1) is 0 Å². The normalized spacial score (nSPS) is 13.9. The van der Waals surface area contributed by atoms with Gasteiger partial charge >= 0.3 is 0 Å². The van der Waals surface area contributed by atoms with Crippen LogP contribution in [-0.4, -0.2) is 25.3 Å². The van der Waals surface area contributed by atoms with Crippen molar-refractivity contribution < 1.29 is 9.84 Å². The Bertz CT molecular complexity index is 496. The molecular weight excluding hydrogens is 270 g/mol. The first-order chi connectivity index (χ1) is 9.70. The fourth-order valence-electron chi connectivity index (χ4n) is 2.07. The standard InChI is InChI=1S/C16H21NO2S/c1-12(13-3-5-15(19-2)6-4-13)9-17-10-16(18)14-7-8-20-11-14/h3-8,11-12,16-18H,9-10H2,1-2H3. The summed E-state index contributed by atoms with van der Waals surface area (Å²) in [7, 11) is 1.67. The fraction of sp³-hybridized carbons (Fsp3) is 0.375. The van der Waals surface area contributed by atoms with Crippen LogP contribution in [0.5, 0.6) is 5.75 Å². The zero-order valence-electron chi connectivity index (χ0n) is 11.9. The number of hydrogen-bond donors (Lipinski definition) is 2. The molecule has 0 bridgehead atoms. The number of methoxy groups -OCH3 is 1. The van der Waals surface area contributed by atoms with E-state index < -0.39 is 6.10 Å². The van der Waals surface area contributed by atoms with Crippen molar-refractivity contribution in [2.75, 3.05) is 20.2 Å². The van der Waals surface area contributed by atoms with Crippen molar-refractivity contribution in [1.82, 2.24) is 5.32 Å². The Balaban J connectivity index is 1.78. The summed E-state index contributed by atoms with van der Waals surface area (Å²) in [5.74, 6) is 1.28. The van der Waals surface area contributed by atoms with Gasteiger partial charge in [-0.2, -0.15) is 11.3 Å². The number of ether oxygens (including phenoxy) is 1. The van der Waals surface area contributed by atoms with Crippen LogP contribution in [0.25, 0.3) is 0 Å². The van der Waals surface area contributed by atoms with Crippen molar-refractivity contribution >= 4 is 11.3 Å².